The standard InChI is InChI=1S/C22H33N3O7/c1-13(2)20(28)23-15-10-17(31-8)16(30-7)9-14(15)21(29)32-12-19(27)25(6)11-18(26)24-22(3,4)5/h9-10,13H,11-12H2,1-8H3,(H,23,28)(H,24,26). The highest BCUT2D eigenvalue weighted by Gasteiger charge is 2.23. The number of benzene rings is 1. The first kappa shape index (κ1) is 26.7. The molecule has 0 heterocycles. The van der Waals surface area contributed by atoms with E-state index >= 15 is 0 Å². The normalized spacial score (nSPS) is 10.9. The molecule has 1 aromatic rings. The number of hydrogen-bond acceptors (Lipinski definition) is 7. The fourth-order valence-corrected chi connectivity index (χ4v) is 2.50. The molecule has 0 aliphatic rings. The second-order valence-corrected chi connectivity index (χ2v) is 8.52. The molecule has 2 N–H and O–H groups in total. The van der Waals surface area contributed by atoms with Crippen LogP contribution < -0.4 is 20.1 Å². The van der Waals surface area contributed by atoms with E-state index in [0.717, 1.165) is 4.90 Å². The van der Waals surface area contributed by atoms with Gasteiger partial charge in [-0.05, 0) is 20.8 Å². The Hall–Kier alpha value is -3.30. The minimum absolute atomic E-state index is 0.00224. The zero-order valence-electron chi connectivity index (χ0n) is 20.0. The van der Waals surface area contributed by atoms with Gasteiger partial charge in [0.15, 0.2) is 18.1 Å². The molecular formula is C22H33N3O7. The fraction of sp³-hybridized carbons (Fsp3) is 0.545. The van der Waals surface area contributed by atoms with Crippen molar-refractivity contribution in [2.45, 2.75) is 40.2 Å². The van der Waals surface area contributed by atoms with Gasteiger partial charge in [-0.25, -0.2) is 4.79 Å². The summed E-state index contributed by atoms with van der Waals surface area (Å²) in [6.45, 7) is 8.13. The van der Waals surface area contributed by atoms with E-state index in [4.69, 9.17) is 14.2 Å². The Balaban J connectivity index is 2.95. The molecular weight excluding hydrogens is 418 g/mol. The average Bonchev–Trinajstić information content (AvgIpc) is 2.69. The van der Waals surface area contributed by atoms with E-state index in [1.807, 2.05) is 20.8 Å². The van der Waals surface area contributed by atoms with Crippen molar-refractivity contribution in [3.8, 4) is 11.5 Å². The Labute approximate surface area is 188 Å². The maximum absolute atomic E-state index is 12.7. The molecule has 0 aliphatic carbocycles. The Morgan fingerprint density at radius 2 is 1.59 bits per heavy atom. The van der Waals surface area contributed by atoms with Crippen LogP contribution in [0.4, 0.5) is 5.69 Å². The molecule has 0 saturated carbocycles. The fourth-order valence-electron chi connectivity index (χ4n) is 2.50. The van der Waals surface area contributed by atoms with Gasteiger partial charge in [0, 0.05) is 30.6 Å². The van der Waals surface area contributed by atoms with E-state index in [2.05, 4.69) is 10.6 Å². The van der Waals surface area contributed by atoms with Crippen molar-refractivity contribution in [2.75, 3.05) is 39.7 Å². The van der Waals surface area contributed by atoms with Gasteiger partial charge in [0.2, 0.25) is 11.8 Å². The van der Waals surface area contributed by atoms with E-state index < -0.39 is 24.0 Å². The molecule has 10 nitrogen and oxygen atoms in total. The number of anilines is 1. The first-order valence-corrected chi connectivity index (χ1v) is 10.1. The molecule has 1 aromatic carbocycles. The van der Waals surface area contributed by atoms with Gasteiger partial charge in [-0.15, -0.1) is 0 Å². The lowest BCUT2D eigenvalue weighted by Gasteiger charge is -2.23. The zero-order valence-corrected chi connectivity index (χ0v) is 20.0. The van der Waals surface area contributed by atoms with E-state index in [1.165, 1.54) is 33.4 Å². The lowest BCUT2D eigenvalue weighted by molar-refractivity contribution is -0.137. The number of hydrogen-bond donors (Lipinski definition) is 2. The van der Waals surface area contributed by atoms with Crippen molar-refractivity contribution >= 4 is 29.4 Å². The van der Waals surface area contributed by atoms with Crippen LogP contribution in [0.15, 0.2) is 12.1 Å². The minimum atomic E-state index is -0.842. The number of ether oxygens (including phenoxy) is 3. The molecule has 0 aliphatic heterocycles. The van der Waals surface area contributed by atoms with E-state index in [-0.39, 0.29) is 41.3 Å². The Bertz CT molecular complexity index is 860. The van der Waals surface area contributed by atoms with Crippen LogP contribution in [0.2, 0.25) is 0 Å². The van der Waals surface area contributed by atoms with Crippen LogP contribution in [0.25, 0.3) is 0 Å². The molecule has 0 aromatic heterocycles. The number of nitrogens with zero attached hydrogens (tertiary/aromatic N) is 1. The third-order valence-electron chi connectivity index (χ3n) is 4.17. The number of methoxy groups -OCH3 is 2. The van der Waals surface area contributed by atoms with Crippen LogP contribution in [0.3, 0.4) is 0 Å². The minimum Gasteiger partial charge on any atom is -0.493 e. The van der Waals surface area contributed by atoms with Crippen LogP contribution in [0.1, 0.15) is 45.0 Å². The quantitative estimate of drug-likeness (QED) is 0.549. The number of amides is 3. The van der Waals surface area contributed by atoms with Crippen molar-refractivity contribution in [2.24, 2.45) is 5.92 Å². The molecule has 0 bridgehead atoms. The topological polar surface area (TPSA) is 123 Å². The van der Waals surface area contributed by atoms with Crippen molar-refractivity contribution in [3.05, 3.63) is 17.7 Å². The van der Waals surface area contributed by atoms with Gasteiger partial charge >= 0.3 is 5.97 Å². The zero-order chi connectivity index (χ0) is 24.6. The van der Waals surface area contributed by atoms with Gasteiger partial charge in [0.05, 0.1) is 32.0 Å². The summed E-state index contributed by atoms with van der Waals surface area (Å²) in [7, 11) is 4.26. The number of rotatable bonds is 9. The SMILES string of the molecule is COc1cc(NC(=O)C(C)C)c(C(=O)OCC(=O)N(C)CC(=O)NC(C)(C)C)cc1OC. The third-order valence-corrected chi connectivity index (χ3v) is 4.17. The predicted octanol–water partition coefficient (Wildman–Crippen LogP) is 1.83. The summed E-state index contributed by atoms with van der Waals surface area (Å²) < 4.78 is 15.6. The summed E-state index contributed by atoms with van der Waals surface area (Å²) in [6, 6.07) is 2.81. The molecule has 0 atom stereocenters. The van der Waals surface area contributed by atoms with Crippen LogP contribution in [0.5, 0.6) is 11.5 Å². The van der Waals surface area contributed by atoms with Gasteiger partial charge in [-0.2, -0.15) is 0 Å². The predicted molar refractivity (Wildman–Crippen MR) is 119 cm³/mol. The van der Waals surface area contributed by atoms with E-state index in [0.29, 0.717) is 5.75 Å². The number of likely N-dealkylation sites (N-methyl/N-ethyl adjacent to an activating group) is 1. The monoisotopic (exact) mass is 451 g/mol. The highest BCUT2D eigenvalue weighted by Crippen LogP contribution is 2.34. The van der Waals surface area contributed by atoms with E-state index in [9.17, 15) is 19.2 Å². The molecule has 0 spiro atoms. The lowest BCUT2D eigenvalue weighted by Crippen LogP contribution is -2.46. The van der Waals surface area contributed by atoms with Gasteiger partial charge in [0.25, 0.3) is 5.91 Å². The molecule has 0 saturated heterocycles. The Kier molecular flexibility index (Phi) is 9.49. The third kappa shape index (κ3) is 8.09. The van der Waals surface area contributed by atoms with Crippen LogP contribution in [0, 0.1) is 5.92 Å². The average molecular weight is 452 g/mol. The first-order valence-electron chi connectivity index (χ1n) is 10.1. The lowest BCUT2D eigenvalue weighted by atomic mass is 10.1. The van der Waals surface area contributed by atoms with Crippen molar-refractivity contribution in [3.63, 3.8) is 0 Å². The second kappa shape index (κ2) is 11.4. The molecule has 3 amide bonds. The Morgan fingerprint density at radius 1 is 1.03 bits per heavy atom. The van der Waals surface area contributed by atoms with Gasteiger partial charge in [-0.1, -0.05) is 13.8 Å². The van der Waals surface area contributed by atoms with Gasteiger partial charge in [-0.3, -0.25) is 14.4 Å². The van der Waals surface area contributed by atoms with Crippen LogP contribution in [-0.2, 0) is 19.1 Å². The summed E-state index contributed by atoms with van der Waals surface area (Å²) in [4.78, 5) is 50.3. The second-order valence-electron chi connectivity index (χ2n) is 8.52. The molecule has 0 unspecified atom stereocenters. The number of carbonyl (C=O) groups is 4. The molecule has 32 heavy (non-hydrogen) atoms. The van der Waals surface area contributed by atoms with Crippen molar-refractivity contribution < 1.29 is 33.4 Å². The molecule has 0 radical (unpaired) electrons. The molecule has 10 heteroatoms. The smallest absolute Gasteiger partial charge is 0.340 e. The number of carbonyl (C=O) groups excluding carboxylic acids is 4. The van der Waals surface area contributed by atoms with Crippen molar-refractivity contribution in [1.82, 2.24) is 10.2 Å². The number of nitrogens with one attached hydrogen (secondary N) is 2. The largest absolute Gasteiger partial charge is 0.493 e. The molecule has 0 fully saturated rings. The summed E-state index contributed by atoms with van der Waals surface area (Å²) in [6.07, 6.45) is 0. The highest BCUT2D eigenvalue weighted by atomic mass is 16.5. The van der Waals surface area contributed by atoms with Gasteiger partial charge in [0.1, 0.15) is 0 Å². The van der Waals surface area contributed by atoms with Crippen LogP contribution in [-0.4, -0.2) is 68.5 Å². The number of esters is 1. The van der Waals surface area contributed by atoms with E-state index in [1.54, 1.807) is 13.8 Å². The first-order chi connectivity index (χ1) is 14.8. The highest BCUT2D eigenvalue weighted by molar-refractivity contribution is 6.03. The van der Waals surface area contributed by atoms with Crippen molar-refractivity contribution in [1.29, 1.82) is 0 Å². The van der Waals surface area contributed by atoms with Gasteiger partial charge < -0.3 is 29.7 Å². The summed E-state index contributed by atoms with van der Waals surface area (Å²) in [5.41, 5.74) is -0.271. The summed E-state index contributed by atoms with van der Waals surface area (Å²) >= 11 is 0. The maximum Gasteiger partial charge on any atom is 0.340 e. The molecule has 1 rings (SSSR count). The Morgan fingerprint density at radius 3 is 2.09 bits per heavy atom. The maximum atomic E-state index is 12.7. The summed E-state index contributed by atoms with van der Waals surface area (Å²) in [5, 5.41) is 5.40. The molecule has 178 valence electrons. The summed E-state index contributed by atoms with van der Waals surface area (Å²) in [5.74, 6) is -1.82. The van der Waals surface area contributed by atoms with Crippen LogP contribution >= 0.6 is 0 Å².